The van der Waals surface area contributed by atoms with Crippen molar-refractivity contribution in [2.24, 2.45) is 0 Å². The lowest BCUT2D eigenvalue weighted by molar-refractivity contribution is -0.136. The summed E-state index contributed by atoms with van der Waals surface area (Å²) >= 11 is 0. The molecule has 0 spiro atoms. The largest absolute Gasteiger partial charge is 0.450 e. The van der Waals surface area contributed by atoms with Crippen LogP contribution in [0.1, 0.15) is 56.4 Å². The fourth-order valence-corrected chi connectivity index (χ4v) is 3.86. The van der Waals surface area contributed by atoms with Gasteiger partial charge in [0.25, 0.3) is 6.43 Å². The second kappa shape index (κ2) is 10.8. The van der Waals surface area contributed by atoms with Gasteiger partial charge in [-0.15, -0.1) is 0 Å². The molecule has 2 aromatic rings. The highest BCUT2D eigenvalue weighted by molar-refractivity contribution is 5.94. The van der Waals surface area contributed by atoms with E-state index in [4.69, 9.17) is 4.74 Å². The Morgan fingerprint density at radius 2 is 1.69 bits per heavy atom. The molecule has 1 saturated heterocycles. The molecule has 13 heteroatoms. The third kappa shape index (κ3) is 5.77. The lowest BCUT2D eigenvalue weighted by Gasteiger charge is -2.35. The monoisotopic (exact) mass is 495 g/mol. The van der Waals surface area contributed by atoms with Gasteiger partial charge in [-0.1, -0.05) is 0 Å². The molecule has 3 rings (SSSR count). The van der Waals surface area contributed by atoms with Gasteiger partial charge >= 0.3 is 6.09 Å². The minimum absolute atomic E-state index is 0.158. The third-order valence-electron chi connectivity index (χ3n) is 5.96. The highest BCUT2D eigenvalue weighted by Gasteiger charge is 2.29. The summed E-state index contributed by atoms with van der Waals surface area (Å²) in [5.74, 6) is -0.609. The summed E-state index contributed by atoms with van der Waals surface area (Å²) in [5.41, 5.74) is 0.967. The first-order valence-electron chi connectivity index (χ1n) is 11.4. The highest BCUT2D eigenvalue weighted by Crippen LogP contribution is 2.23. The maximum Gasteiger partial charge on any atom is 0.409 e. The summed E-state index contributed by atoms with van der Waals surface area (Å²) < 4.78 is 33.6. The molecule has 2 atom stereocenters. The van der Waals surface area contributed by atoms with Gasteiger partial charge in [-0.25, -0.2) is 13.6 Å². The van der Waals surface area contributed by atoms with Crippen LogP contribution in [0.5, 0.6) is 0 Å². The van der Waals surface area contributed by atoms with E-state index in [0.29, 0.717) is 49.9 Å². The highest BCUT2D eigenvalue weighted by atomic mass is 19.3. The molecular weight excluding hydrogens is 464 g/mol. The minimum atomic E-state index is -2.72. The number of nitrogens with zero attached hydrogens (tertiary/aromatic N) is 6. The molecule has 3 heterocycles. The summed E-state index contributed by atoms with van der Waals surface area (Å²) in [5, 5.41) is 10.9. The van der Waals surface area contributed by atoms with Gasteiger partial charge < -0.3 is 19.9 Å². The van der Waals surface area contributed by atoms with Crippen LogP contribution in [-0.4, -0.2) is 80.1 Å². The predicted molar refractivity (Wildman–Crippen MR) is 122 cm³/mol. The molecule has 0 radical (unpaired) electrons. The number of anilines is 1. The quantitative estimate of drug-likeness (QED) is 0.632. The van der Waals surface area contributed by atoms with Crippen molar-refractivity contribution in [1.29, 1.82) is 0 Å². The molecule has 1 aliphatic rings. The molecule has 0 saturated carbocycles. The van der Waals surface area contributed by atoms with Crippen molar-refractivity contribution in [1.82, 2.24) is 29.4 Å². The maximum atomic E-state index is 13.0. The number of ether oxygens (including phenoxy) is 1. The van der Waals surface area contributed by atoms with Gasteiger partial charge in [0.05, 0.1) is 18.0 Å². The molecule has 2 aromatic heterocycles. The van der Waals surface area contributed by atoms with Crippen LogP contribution < -0.4 is 5.32 Å². The molecule has 0 aromatic carbocycles. The Balaban J connectivity index is 1.63. The number of nitrogens with one attached hydrogen (secondary N) is 1. The Kier molecular flexibility index (Phi) is 8.07. The number of rotatable bonds is 7. The number of carbonyl (C=O) groups excluding carboxylic acids is 3. The van der Waals surface area contributed by atoms with Crippen molar-refractivity contribution < 1.29 is 27.9 Å². The van der Waals surface area contributed by atoms with Gasteiger partial charge in [0.1, 0.15) is 17.8 Å². The fraction of sp³-hybridized carbons (Fsp3) is 0.591. The molecule has 3 amide bonds. The Bertz CT molecular complexity index is 1080. The molecule has 11 nitrogen and oxygen atoms in total. The van der Waals surface area contributed by atoms with E-state index in [1.54, 1.807) is 50.6 Å². The van der Waals surface area contributed by atoms with E-state index in [-0.39, 0.29) is 17.7 Å². The number of amides is 3. The van der Waals surface area contributed by atoms with Crippen LogP contribution in [-0.2, 0) is 14.3 Å². The molecule has 1 fully saturated rings. The Morgan fingerprint density at radius 3 is 2.26 bits per heavy atom. The van der Waals surface area contributed by atoms with Crippen LogP contribution in [0, 0.1) is 13.8 Å². The number of aryl methyl sites for hydroxylation is 2. The van der Waals surface area contributed by atoms with Crippen LogP contribution in [0.2, 0.25) is 0 Å². The average molecular weight is 496 g/mol. The number of halogens is 2. The van der Waals surface area contributed by atoms with Crippen molar-refractivity contribution in [3.05, 3.63) is 29.3 Å². The number of aromatic nitrogens is 4. The van der Waals surface area contributed by atoms with Crippen LogP contribution in [0.15, 0.2) is 12.3 Å². The SMILES string of the molecule is CCOC(=O)N1CCN(C(=O)C(C)n2cc(NC(=O)C(C)n3nc(C(F)F)cc3C)c(C)n2)CC1. The standard InChI is InChI=1S/C22H31F2N7O4/c1-6-35-22(34)29-9-7-28(8-10-29)21(33)16(5)30-12-18(14(3)26-30)25-20(32)15(4)31-13(2)11-17(27-31)19(23)24/h11-12,15-16,19H,6-10H2,1-5H3,(H,25,32). The predicted octanol–water partition coefficient (Wildman–Crippen LogP) is 2.70. The van der Waals surface area contributed by atoms with Crippen molar-refractivity contribution in [2.75, 3.05) is 38.1 Å². The lowest BCUT2D eigenvalue weighted by atomic mass is 10.2. The zero-order chi connectivity index (χ0) is 25.9. The smallest absolute Gasteiger partial charge is 0.409 e. The van der Waals surface area contributed by atoms with E-state index in [1.807, 2.05) is 0 Å². The first-order valence-corrected chi connectivity index (χ1v) is 11.4. The number of piperazine rings is 1. The van der Waals surface area contributed by atoms with Crippen molar-refractivity contribution in [2.45, 2.75) is 53.1 Å². The van der Waals surface area contributed by atoms with E-state index in [0.717, 1.165) is 0 Å². The first-order chi connectivity index (χ1) is 16.5. The van der Waals surface area contributed by atoms with Crippen molar-refractivity contribution >= 4 is 23.6 Å². The second-order valence-corrected chi connectivity index (χ2v) is 8.42. The minimum Gasteiger partial charge on any atom is -0.450 e. The molecule has 35 heavy (non-hydrogen) atoms. The Hall–Kier alpha value is -3.51. The summed E-state index contributed by atoms with van der Waals surface area (Å²) in [4.78, 5) is 40.9. The normalized spacial score (nSPS) is 15.8. The maximum absolute atomic E-state index is 13.0. The van der Waals surface area contributed by atoms with Gasteiger partial charge in [-0.2, -0.15) is 10.2 Å². The van der Waals surface area contributed by atoms with Gasteiger partial charge in [0.15, 0.2) is 0 Å². The zero-order valence-corrected chi connectivity index (χ0v) is 20.5. The number of hydrogen-bond donors (Lipinski definition) is 1. The number of carbonyl (C=O) groups is 3. The second-order valence-electron chi connectivity index (χ2n) is 8.42. The molecular formula is C22H31F2N7O4. The van der Waals surface area contributed by atoms with E-state index >= 15 is 0 Å². The lowest BCUT2D eigenvalue weighted by Crippen LogP contribution is -2.52. The van der Waals surface area contributed by atoms with Gasteiger partial charge in [0, 0.05) is 38.1 Å². The van der Waals surface area contributed by atoms with E-state index < -0.39 is 24.4 Å². The average Bonchev–Trinajstić information content (AvgIpc) is 3.40. The Morgan fingerprint density at radius 1 is 1.06 bits per heavy atom. The van der Waals surface area contributed by atoms with Crippen molar-refractivity contribution in [3.8, 4) is 0 Å². The first kappa shape index (κ1) is 26.1. The molecule has 0 aliphatic carbocycles. The molecule has 192 valence electrons. The molecule has 0 bridgehead atoms. The topological polar surface area (TPSA) is 115 Å². The fourth-order valence-electron chi connectivity index (χ4n) is 3.86. The Labute approximate surface area is 202 Å². The van der Waals surface area contributed by atoms with E-state index in [1.165, 1.54) is 15.4 Å². The van der Waals surface area contributed by atoms with Crippen molar-refractivity contribution in [3.63, 3.8) is 0 Å². The molecule has 2 unspecified atom stereocenters. The number of alkyl halides is 2. The molecule has 1 aliphatic heterocycles. The van der Waals surface area contributed by atoms with Gasteiger partial charge in [-0.05, 0) is 40.7 Å². The zero-order valence-electron chi connectivity index (χ0n) is 20.5. The summed E-state index contributed by atoms with van der Waals surface area (Å²) in [6.07, 6.45) is -1.55. The third-order valence-corrected chi connectivity index (χ3v) is 5.96. The van der Waals surface area contributed by atoms with E-state index in [9.17, 15) is 23.2 Å². The summed E-state index contributed by atoms with van der Waals surface area (Å²) in [6.45, 7) is 10.1. The van der Waals surface area contributed by atoms with Gasteiger partial charge in [0.2, 0.25) is 11.8 Å². The van der Waals surface area contributed by atoms with E-state index in [2.05, 4.69) is 15.5 Å². The van der Waals surface area contributed by atoms with Crippen LogP contribution in [0.25, 0.3) is 0 Å². The van der Waals surface area contributed by atoms with Gasteiger partial charge in [-0.3, -0.25) is 19.0 Å². The van der Waals surface area contributed by atoms with Crippen LogP contribution >= 0.6 is 0 Å². The molecule has 1 N–H and O–H groups in total. The van der Waals surface area contributed by atoms with Crippen LogP contribution in [0.4, 0.5) is 19.3 Å². The van der Waals surface area contributed by atoms with Crippen LogP contribution in [0.3, 0.4) is 0 Å². The summed E-state index contributed by atoms with van der Waals surface area (Å²) in [6, 6.07) is -0.217. The number of hydrogen-bond acceptors (Lipinski definition) is 6. The summed E-state index contributed by atoms with van der Waals surface area (Å²) in [7, 11) is 0.